The number of carbonyl (C=O) groups is 2. The van der Waals surface area contributed by atoms with Crippen LogP contribution >= 0.6 is 0 Å². The quantitative estimate of drug-likeness (QED) is 0.682. The molecule has 0 bridgehead atoms. The van der Waals surface area contributed by atoms with Crippen molar-refractivity contribution in [1.82, 2.24) is 4.90 Å². The van der Waals surface area contributed by atoms with Crippen LogP contribution in [0.1, 0.15) is 24.8 Å². The lowest BCUT2D eigenvalue weighted by atomic mass is 9.95. The number of amides is 2. The van der Waals surface area contributed by atoms with Gasteiger partial charge in [0, 0.05) is 25.4 Å². The molecule has 30 heavy (non-hydrogen) atoms. The molecule has 1 aliphatic heterocycles. The first kappa shape index (κ1) is 21.5. The number of nitrogens with zero attached hydrogens (tertiary/aromatic N) is 1. The number of likely N-dealkylation sites (tertiary alicyclic amines) is 1. The molecule has 7 heteroatoms. The van der Waals surface area contributed by atoms with Crippen molar-refractivity contribution < 1.29 is 24.2 Å². The van der Waals surface area contributed by atoms with Crippen LogP contribution in [0.5, 0.6) is 17.2 Å². The van der Waals surface area contributed by atoms with Gasteiger partial charge in [0.2, 0.25) is 11.8 Å². The molecule has 0 unspecified atom stereocenters. The lowest BCUT2D eigenvalue weighted by molar-refractivity contribution is -0.134. The molecule has 0 aliphatic carbocycles. The Kier molecular flexibility index (Phi) is 7.17. The highest BCUT2D eigenvalue weighted by Gasteiger charge is 2.27. The number of para-hydroxylation sites is 2. The smallest absolute Gasteiger partial charge is 0.227 e. The fourth-order valence-corrected chi connectivity index (χ4v) is 3.65. The summed E-state index contributed by atoms with van der Waals surface area (Å²) in [5.41, 5.74) is 1.42. The van der Waals surface area contributed by atoms with E-state index in [-0.39, 0.29) is 23.5 Å². The Hall–Kier alpha value is -3.22. The Labute approximate surface area is 176 Å². The lowest BCUT2D eigenvalue weighted by Crippen LogP contribution is -2.41. The summed E-state index contributed by atoms with van der Waals surface area (Å²) >= 11 is 0. The molecule has 3 rings (SSSR count). The largest absolute Gasteiger partial charge is 0.506 e. The predicted molar refractivity (Wildman–Crippen MR) is 114 cm³/mol. The van der Waals surface area contributed by atoms with Crippen molar-refractivity contribution in [2.75, 3.05) is 32.6 Å². The van der Waals surface area contributed by atoms with Crippen LogP contribution in [0.15, 0.2) is 42.5 Å². The van der Waals surface area contributed by atoms with Crippen molar-refractivity contribution in [2.45, 2.75) is 25.7 Å². The van der Waals surface area contributed by atoms with E-state index < -0.39 is 0 Å². The summed E-state index contributed by atoms with van der Waals surface area (Å²) in [4.78, 5) is 26.9. The average molecular weight is 412 g/mol. The van der Waals surface area contributed by atoms with E-state index in [0.29, 0.717) is 56.0 Å². The molecule has 2 aromatic rings. The minimum absolute atomic E-state index is 0.0497. The van der Waals surface area contributed by atoms with E-state index in [2.05, 4.69) is 5.32 Å². The van der Waals surface area contributed by atoms with Gasteiger partial charge in [-0.25, -0.2) is 0 Å². The summed E-state index contributed by atoms with van der Waals surface area (Å²) in [6, 6.07) is 12.3. The van der Waals surface area contributed by atoms with Crippen molar-refractivity contribution in [1.29, 1.82) is 0 Å². The maximum absolute atomic E-state index is 12.6. The normalized spacial score (nSPS) is 14.3. The van der Waals surface area contributed by atoms with Crippen LogP contribution in [0.25, 0.3) is 0 Å². The highest BCUT2D eigenvalue weighted by atomic mass is 16.5. The van der Waals surface area contributed by atoms with E-state index in [1.54, 1.807) is 32.4 Å². The molecule has 1 heterocycles. The molecule has 0 radical (unpaired) electrons. The number of carbonyl (C=O) groups excluding carboxylic acids is 2. The molecular formula is C23H28N2O5. The van der Waals surface area contributed by atoms with E-state index in [1.165, 1.54) is 6.07 Å². The maximum Gasteiger partial charge on any atom is 0.227 e. The van der Waals surface area contributed by atoms with Gasteiger partial charge in [-0.3, -0.25) is 9.59 Å². The Bertz CT molecular complexity index is 891. The molecule has 1 fully saturated rings. The third-order valence-electron chi connectivity index (χ3n) is 5.46. The summed E-state index contributed by atoms with van der Waals surface area (Å²) in [6.45, 7) is 1.12. The number of aromatic hydroxyl groups is 1. The third kappa shape index (κ3) is 5.23. The number of hydrogen-bond donors (Lipinski definition) is 2. The van der Waals surface area contributed by atoms with Gasteiger partial charge in [-0.2, -0.15) is 0 Å². The first-order valence-corrected chi connectivity index (χ1v) is 10.1. The lowest BCUT2D eigenvalue weighted by Gasteiger charge is -2.31. The number of phenolic OH excluding ortho intramolecular Hbond substituents is 1. The van der Waals surface area contributed by atoms with Crippen molar-refractivity contribution in [3.8, 4) is 17.2 Å². The number of ether oxygens (including phenoxy) is 2. The highest BCUT2D eigenvalue weighted by Crippen LogP contribution is 2.28. The SMILES string of the molecule is COc1ccc(CCC(=O)N2CCC(C(=O)Nc3ccccc3O)CC2)cc1OC. The van der Waals surface area contributed by atoms with Crippen LogP contribution in [-0.2, 0) is 16.0 Å². The van der Waals surface area contributed by atoms with Gasteiger partial charge in [0.15, 0.2) is 11.5 Å². The monoisotopic (exact) mass is 412 g/mol. The molecular weight excluding hydrogens is 384 g/mol. The number of rotatable bonds is 7. The molecule has 2 aromatic carbocycles. The van der Waals surface area contributed by atoms with E-state index in [1.807, 2.05) is 23.1 Å². The summed E-state index contributed by atoms with van der Waals surface area (Å²) in [5.74, 6) is 1.17. The second-order valence-electron chi connectivity index (χ2n) is 7.35. The molecule has 0 saturated carbocycles. The predicted octanol–water partition coefficient (Wildman–Crippen LogP) is 3.22. The zero-order chi connectivity index (χ0) is 21.5. The molecule has 160 valence electrons. The molecule has 0 atom stereocenters. The fourth-order valence-electron chi connectivity index (χ4n) is 3.65. The Morgan fingerprint density at radius 1 is 1.07 bits per heavy atom. The number of anilines is 1. The van der Waals surface area contributed by atoms with E-state index in [4.69, 9.17) is 9.47 Å². The third-order valence-corrected chi connectivity index (χ3v) is 5.46. The average Bonchev–Trinajstić information content (AvgIpc) is 2.78. The first-order valence-electron chi connectivity index (χ1n) is 10.1. The van der Waals surface area contributed by atoms with Gasteiger partial charge < -0.3 is 24.8 Å². The van der Waals surface area contributed by atoms with Crippen LogP contribution in [0.4, 0.5) is 5.69 Å². The molecule has 7 nitrogen and oxygen atoms in total. The van der Waals surface area contributed by atoms with Crippen LogP contribution in [0, 0.1) is 5.92 Å². The van der Waals surface area contributed by atoms with Gasteiger partial charge in [-0.05, 0) is 49.1 Å². The maximum atomic E-state index is 12.6. The Balaban J connectivity index is 1.47. The van der Waals surface area contributed by atoms with Gasteiger partial charge in [-0.1, -0.05) is 18.2 Å². The number of nitrogens with one attached hydrogen (secondary N) is 1. The van der Waals surface area contributed by atoms with E-state index in [0.717, 1.165) is 5.56 Å². The number of benzene rings is 2. The Morgan fingerprint density at radius 2 is 1.77 bits per heavy atom. The number of piperidine rings is 1. The van der Waals surface area contributed by atoms with Crippen LogP contribution in [-0.4, -0.2) is 49.1 Å². The van der Waals surface area contributed by atoms with Gasteiger partial charge in [0.25, 0.3) is 0 Å². The van der Waals surface area contributed by atoms with E-state index >= 15 is 0 Å². The van der Waals surface area contributed by atoms with Gasteiger partial charge in [0.1, 0.15) is 5.75 Å². The fraction of sp³-hybridized carbons (Fsp3) is 0.391. The zero-order valence-corrected chi connectivity index (χ0v) is 17.4. The van der Waals surface area contributed by atoms with E-state index in [9.17, 15) is 14.7 Å². The molecule has 1 saturated heterocycles. The minimum atomic E-state index is -0.167. The molecule has 2 amide bonds. The molecule has 0 spiro atoms. The molecule has 1 aliphatic rings. The summed E-state index contributed by atoms with van der Waals surface area (Å²) in [6.07, 6.45) is 2.25. The number of methoxy groups -OCH3 is 2. The van der Waals surface area contributed by atoms with Crippen molar-refractivity contribution >= 4 is 17.5 Å². The molecule has 2 N–H and O–H groups in total. The standard InChI is InChI=1S/C23H28N2O5/c1-29-20-9-7-16(15-21(20)30-2)8-10-22(27)25-13-11-17(12-14-25)23(28)24-18-5-3-4-6-19(18)26/h3-7,9,15,17,26H,8,10-14H2,1-2H3,(H,24,28). The van der Waals surface area contributed by atoms with Crippen LogP contribution in [0.2, 0.25) is 0 Å². The van der Waals surface area contributed by atoms with Crippen LogP contribution < -0.4 is 14.8 Å². The van der Waals surface area contributed by atoms with Crippen molar-refractivity contribution in [3.63, 3.8) is 0 Å². The number of aryl methyl sites for hydroxylation is 1. The van der Waals surface area contributed by atoms with Gasteiger partial charge in [-0.15, -0.1) is 0 Å². The first-order chi connectivity index (χ1) is 14.5. The van der Waals surface area contributed by atoms with Crippen molar-refractivity contribution in [3.05, 3.63) is 48.0 Å². The second-order valence-corrected chi connectivity index (χ2v) is 7.35. The van der Waals surface area contributed by atoms with Gasteiger partial charge in [0.05, 0.1) is 19.9 Å². The van der Waals surface area contributed by atoms with Crippen molar-refractivity contribution in [2.24, 2.45) is 5.92 Å². The topological polar surface area (TPSA) is 88.1 Å². The zero-order valence-electron chi connectivity index (χ0n) is 17.4. The minimum Gasteiger partial charge on any atom is -0.506 e. The summed E-state index contributed by atoms with van der Waals surface area (Å²) in [7, 11) is 3.18. The Morgan fingerprint density at radius 3 is 2.43 bits per heavy atom. The van der Waals surface area contributed by atoms with Crippen LogP contribution in [0.3, 0.4) is 0 Å². The highest BCUT2D eigenvalue weighted by molar-refractivity contribution is 5.94. The summed E-state index contributed by atoms with van der Waals surface area (Å²) < 4.78 is 10.5. The number of hydrogen-bond acceptors (Lipinski definition) is 5. The molecule has 0 aromatic heterocycles. The second kappa shape index (κ2) is 10.0. The summed E-state index contributed by atoms with van der Waals surface area (Å²) in [5, 5.41) is 12.6. The van der Waals surface area contributed by atoms with Gasteiger partial charge >= 0.3 is 0 Å². The number of phenols is 1.